The minimum Gasteiger partial charge on any atom is -0.352 e. The van der Waals surface area contributed by atoms with Crippen molar-refractivity contribution < 1.29 is 18.0 Å². The molecule has 0 aliphatic heterocycles. The summed E-state index contributed by atoms with van der Waals surface area (Å²) in [4.78, 5) is 17.0. The van der Waals surface area contributed by atoms with Gasteiger partial charge in [0.2, 0.25) is 0 Å². The van der Waals surface area contributed by atoms with Crippen LogP contribution in [0, 0.1) is 6.92 Å². The van der Waals surface area contributed by atoms with Gasteiger partial charge in [0.15, 0.2) is 5.69 Å². The zero-order valence-corrected chi connectivity index (χ0v) is 17.8. The van der Waals surface area contributed by atoms with Crippen LogP contribution in [0.1, 0.15) is 28.3 Å². The molecule has 0 fully saturated rings. The average molecular weight is 462 g/mol. The molecular weight excluding hydrogens is 443 g/mol. The van der Waals surface area contributed by atoms with Gasteiger partial charge in [-0.1, -0.05) is 29.8 Å². The molecule has 6 nitrogen and oxygen atoms in total. The molecule has 0 radical (unpaired) electrons. The summed E-state index contributed by atoms with van der Waals surface area (Å²) in [6.45, 7) is 2.66. The van der Waals surface area contributed by atoms with Crippen LogP contribution in [0.5, 0.6) is 0 Å². The summed E-state index contributed by atoms with van der Waals surface area (Å²) in [6.07, 6.45) is -3.33. The fourth-order valence-corrected chi connectivity index (χ4v) is 3.79. The van der Waals surface area contributed by atoms with Crippen molar-refractivity contribution in [3.05, 3.63) is 76.8 Å². The average Bonchev–Trinajstić information content (AvgIpc) is 3.32. The van der Waals surface area contributed by atoms with Crippen molar-refractivity contribution in [2.75, 3.05) is 6.54 Å². The first-order valence-corrected chi connectivity index (χ1v) is 10.2. The van der Waals surface area contributed by atoms with Crippen molar-refractivity contribution in [1.29, 1.82) is 0 Å². The number of aryl methyl sites for hydroxylation is 2. The topological polar surface area (TPSA) is 64.7 Å². The second kappa shape index (κ2) is 8.66. The number of para-hydroxylation sites is 2. The molecule has 0 bridgehead atoms. The van der Waals surface area contributed by atoms with Crippen molar-refractivity contribution >= 4 is 28.5 Å². The number of fused-ring (bicyclic) bond motifs is 1. The Morgan fingerprint density at radius 1 is 1.16 bits per heavy atom. The maximum Gasteiger partial charge on any atom is 0.434 e. The Hall–Kier alpha value is -3.33. The monoisotopic (exact) mass is 461 g/mol. The van der Waals surface area contributed by atoms with Crippen LogP contribution < -0.4 is 5.32 Å². The number of aromatic nitrogens is 4. The van der Waals surface area contributed by atoms with Gasteiger partial charge in [0.05, 0.1) is 28.5 Å². The Labute approximate surface area is 186 Å². The molecule has 10 heteroatoms. The number of imidazole rings is 1. The number of hydrogen-bond acceptors (Lipinski definition) is 3. The molecule has 0 atom stereocenters. The number of carbonyl (C=O) groups excluding carboxylic acids is 1. The SMILES string of the molecule is Cc1nc2ccccc2n1CCCNC(=O)c1cnn(-c2cccc(Cl)c2)c1C(F)(F)F. The Balaban J connectivity index is 1.48. The lowest BCUT2D eigenvalue weighted by Gasteiger charge is -2.13. The molecule has 0 aliphatic rings. The number of nitrogens with zero attached hydrogens (tertiary/aromatic N) is 4. The summed E-state index contributed by atoms with van der Waals surface area (Å²) >= 11 is 5.90. The van der Waals surface area contributed by atoms with Gasteiger partial charge < -0.3 is 9.88 Å². The number of halogens is 4. The first-order chi connectivity index (χ1) is 15.3. The Morgan fingerprint density at radius 3 is 2.69 bits per heavy atom. The fraction of sp³-hybridized carbons (Fsp3) is 0.227. The van der Waals surface area contributed by atoms with Crippen LogP contribution in [-0.2, 0) is 12.7 Å². The zero-order valence-electron chi connectivity index (χ0n) is 17.0. The van der Waals surface area contributed by atoms with Crippen LogP contribution in [0.4, 0.5) is 13.2 Å². The smallest absolute Gasteiger partial charge is 0.352 e. The number of nitrogens with one attached hydrogen (secondary N) is 1. The lowest BCUT2D eigenvalue weighted by molar-refractivity contribution is -0.143. The molecule has 1 N–H and O–H groups in total. The van der Waals surface area contributed by atoms with Crippen LogP contribution in [0.25, 0.3) is 16.7 Å². The number of amides is 1. The summed E-state index contributed by atoms with van der Waals surface area (Å²) in [5.41, 5.74) is 0.276. The third kappa shape index (κ3) is 4.34. The van der Waals surface area contributed by atoms with Crippen molar-refractivity contribution in [3.8, 4) is 5.69 Å². The molecule has 2 heterocycles. The fourth-order valence-electron chi connectivity index (χ4n) is 3.60. The number of alkyl halides is 3. The molecule has 0 saturated heterocycles. The van der Waals surface area contributed by atoms with E-state index < -0.39 is 23.3 Å². The van der Waals surface area contributed by atoms with E-state index >= 15 is 0 Å². The van der Waals surface area contributed by atoms with E-state index in [9.17, 15) is 18.0 Å². The highest BCUT2D eigenvalue weighted by molar-refractivity contribution is 6.30. The highest BCUT2D eigenvalue weighted by Gasteiger charge is 2.40. The second-order valence-electron chi connectivity index (χ2n) is 7.21. The number of benzene rings is 2. The van der Waals surface area contributed by atoms with E-state index in [1.54, 1.807) is 6.07 Å². The maximum atomic E-state index is 13.8. The van der Waals surface area contributed by atoms with Gasteiger partial charge in [-0.3, -0.25) is 4.79 Å². The lowest BCUT2D eigenvalue weighted by Crippen LogP contribution is -2.28. The van der Waals surface area contributed by atoms with Crippen molar-refractivity contribution in [2.45, 2.75) is 26.1 Å². The molecule has 4 rings (SSSR count). The quantitative estimate of drug-likeness (QED) is 0.410. The van der Waals surface area contributed by atoms with Crippen molar-refractivity contribution in [1.82, 2.24) is 24.6 Å². The summed E-state index contributed by atoms with van der Waals surface area (Å²) in [5.74, 6) is -0.00232. The molecule has 166 valence electrons. The predicted octanol–water partition coefficient (Wildman–Crippen LogP) is 5.02. The Morgan fingerprint density at radius 2 is 1.94 bits per heavy atom. The van der Waals surface area contributed by atoms with Gasteiger partial charge in [-0.2, -0.15) is 18.3 Å². The van der Waals surface area contributed by atoms with E-state index in [2.05, 4.69) is 15.4 Å². The molecule has 2 aromatic heterocycles. The van der Waals surface area contributed by atoms with E-state index in [-0.39, 0.29) is 17.3 Å². The molecule has 2 aromatic carbocycles. The summed E-state index contributed by atoms with van der Waals surface area (Å²) < 4.78 is 44.0. The molecule has 0 saturated carbocycles. The van der Waals surface area contributed by atoms with E-state index in [0.717, 1.165) is 23.1 Å². The largest absolute Gasteiger partial charge is 0.434 e. The molecule has 1 amide bonds. The van der Waals surface area contributed by atoms with E-state index in [4.69, 9.17) is 11.6 Å². The van der Waals surface area contributed by atoms with Gasteiger partial charge in [0.1, 0.15) is 5.82 Å². The summed E-state index contributed by atoms with van der Waals surface area (Å²) in [7, 11) is 0. The molecular formula is C22H19ClF3N5O. The first kappa shape index (κ1) is 21.9. The molecule has 0 aliphatic carbocycles. The summed E-state index contributed by atoms with van der Waals surface area (Å²) in [6, 6.07) is 13.5. The van der Waals surface area contributed by atoms with Gasteiger partial charge in [-0.15, -0.1) is 0 Å². The van der Waals surface area contributed by atoms with Gasteiger partial charge in [-0.25, -0.2) is 9.67 Å². The highest BCUT2D eigenvalue weighted by Crippen LogP contribution is 2.34. The van der Waals surface area contributed by atoms with Gasteiger partial charge >= 0.3 is 6.18 Å². The van der Waals surface area contributed by atoms with E-state index in [1.807, 2.05) is 35.8 Å². The van der Waals surface area contributed by atoms with Crippen LogP contribution in [0.2, 0.25) is 5.02 Å². The number of carbonyl (C=O) groups is 1. The van der Waals surface area contributed by atoms with Gasteiger partial charge in [0.25, 0.3) is 5.91 Å². The molecule has 0 spiro atoms. The Bertz CT molecular complexity index is 1280. The van der Waals surface area contributed by atoms with E-state index in [0.29, 0.717) is 17.6 Å². The highest BCUT2D eigenvalue weighted by atomic mass is 35.5. The minimum atomic E-state index is -4.78. The van der Waals surface area contributed by atoms with Crippen LogP contribution in [0.3, 0.4) is 0 Å². The standard InChI is InChI=1S/C22H19ClF3N5O/c1-14-29-18-8-2-3-9-19(18)30(14)11-5-10-27-21(32)17-13-28-31(20(17)22(24,25)26)16-7-4-6-15(23)12-16/h2-4,6-9,12-13H,5,10-11H2,1H3,(H,27,32). The number of rotatable bonds is 6. The van der Waals surface area contributed by atoms with Gasteiger partial charge in [-0.05, 0) is 43.7 Å². The van der Waals surface area contributed by atoms with Crippen LogP contribution in [-0.4, -0.2) is 31.8 Å². The van der Waals surface area contributed by atoms with Crippen LogP contribution >= 0.6 is 11.6 Å². The zero-order chi connectivity index (χ0) is 22.9. The second-order valence-corrected chi connectivity index (χ2v) is 7.64. The molecule has 0 unspecified atom stereocenters. The maximum absolute atomic E-state index is 13.8. The lowest BCUT2D eigenvalue weighted by atomic mass is 10.2. The molecule has 32 heavy (non-hydrogen) atoms. The summed E-state index contributed by atoms with van der Waals surface area (Å²) in [5, 5.41) is 6.62. The first-order valence-electron chi connectivity index (χ1n) is 9.87. The third-order valence-corrected chi connectivity index (χ3v) is 5.26. The minimum absolute atomic E-state index is 0.117. The number of hydrogen-bond donors (Lipinski definition) is 1. The van der Waals surface area contributed by atoms with Gasteiger partial charge in [0, 0.05) is 18.1 Å². The Kier molecular flexibility index (Phi) is 5.92. The van der Waals surface area contributed by atoms with Crippen molar-refractivity contribution in [3.63, 3.8) is 0 Å². The predicted molar refractivity (Wildman–Crippen MR) is 115 cm³/mol. The molecule has 4 aromatic rings. The van der Waals surface area contributed by atoms with E-state index in [1.165, 1.54) is 18.2 Å². The van der Waals surface area contributed by atoms with Crippen molar-refractivity contribution in [2.24, 2.45) is 0 Å². The van der Waals surface area contributed by atoms with Crippen LogP contribution in [0.15, 0.2) is 54.7 Å². The normalized spacial score (nSPS) is 11.8. The third-order valence-electron chi connectivity index (χ3n) is 5.02.